The van der Waals surface area contributed by atoms with Gasteiger partial charge in [0, 0.05) is 48.6 Å². The lowest BCUT2D eigenvalue weighted by Crippen LogP contribution is -2.34. The first-order chi connectivity index (χ1) is 19.9. The fraction of sp³-hybridized carbons (Fsp3) is 0.300. The zero-order chi connectivity index (χ0) is 28.5. The van der Waals surface area contributed by atoms with Crippen LogP contribution < -0.4 is 10.3 Å². The van der Waals surface area contributed by atoms with Crippen LogP contribution in [0, 0.1) is 5.82 Å². The van der Waals surface area contributed by atoms with E-state index in [1.807, 2.05) is 6.08 Å². The standard InChI is InChI=1S/C30H28ClFN4O5/c31-21-5-3-20(24(32)15-21)18-41-27-2-1-10-35(29(27)37)22-7-11-34(12-8-22)17-28-33-25-6-4-19(30(38)39)14-26(25)36(28)16-23-9-13-40-23/h1-7,10,14-15,23H,8-9,11-13,16-18H2,(H,38,39)/t23-/m0/s1. The monoisotopic (exact) mass is 578 g/mol. The summed E-state index contributed by atoms with van der Waals surface area (Å²) in [6, 6.07) is 12.6. The Labute approximate surface area is 240 Å². The van der Waals surface area contributed by atoms with Gasteiger partial charge >= 0.3 is 5.97 Å². The fourth-order valence-corrected chi connectivity index (χ4v) is 5.29. The summed E-state index contributed by atoms with van der Waals surface area (Å²) in [6.07, 6.45) is 5.39. The minimum absolute atomic E-state index is 0.0874. The Morgan fingerprint density at radius 2 is 2.07 bits per heavy atom. The number of carbonyl (C=O) groups is 1. The van der Waals surface area contributed by atoms with Crippen LogP contribution in [-0.4, -0.2) is 55.9 Å². The van der Waals surface area contributed by atoms with Crippen molar-refractivity contribution < 1.29 is 23.8 Å². The number of halogens is 2. The Hall–Kier alpha value is -3.99. The van der Waals surface area contributed by atoms with Crippen LogP contribution in [0.3, 0.4) is 0 Å². The molecule has 0 unspecified atom stereocenters. The van der Waals surface area contributed by atoms with Crippen LogP contribution in [0.1, 0.15) is 34.6 Å². The van der Waals surface area contributed by atoms with E-state index in [9.17, 15) is 19.1 Å². The van der Waals surface area contributed by atoms with Crippen LogP contribution in [0.4, 0.5) is 4.39 Å². The van der Waals surface area contributed by atoms with Gasteiger partial charge in [0.25, 0.3) is 5.56 Å². The molecule has 41 heavy (non-hydrogen) atoms. The highest BCUT2D eigenvalue weighted by Crippen LogP contribution is 2.25. The third-order valence-electron chi connectivity index (χ3n) is 7.51. The second-order valence-electron chi connectivity index (χ2n) is 10.2. The van der Waals surface area contributed by atoms with Crippen molar-refractivity contribution in [3.05, 3.63) is 98.9 Å². The molecule has 4 aromatic rings. The van der Waals surface area contributed by atoms with E-state index in [2.05, 4.69) is 9.47 Å². The van der Waals surface area contributed by atoms with Crippen LogP contribution in [0.2, 0.25) is 5.02 Å². The zero-order valence-electron chi connectivity index (χ0n) is 22.1. The lowest BCUT2D eigenvalue weighted by molar-refractivity contribution is -0.0591. The van der Waals surface area contributed by atoms with Crippen LogP contribution in [0.25, 0.3) is 16.7 Å². The van der Waals surface area contributed by atoms with Gasteiger partial charge in [-0.25, -0.2) is 14.2 Å². The quantitative estimate of drug-likeness (QED) is 0.304. The smallest absolute Gasteiger partial charge is 0.335 e. The molecule has 0 amide bonds. The summed E-state index contributed by atoms with van der Waals surface area (Å²) in [6.45, 7) is 3.13. The van der Waals surface area contributed by atoms with E-state index in [1.54, 1.807) is 47.2 Å². The summed E-state index contributed by atoms with van der Waals surface area (Å²) < 4.78 is 29.1. The van der Waals surface area contributed by atoms with Gasteiger partial charge in [0.15, 0.2) is 5.75 Å². The van der Waals surface area contributed by atoms with Gasteiger partial charge < -0.3 is 19.1 Å². The van der Waals surface area contributed by atoms with Gasteiger partial charge in [-0.05, 0) is 48.9 Å². The zero-order valence-corrected chi connectivity index (χ0v) is 22.9. The topological polar surface area (TPSA) is 98.8 Å². The lowest BCUT2D eigenvalue weighted by atomic mass is 10.1. The van der Waals surface area contributed by atoms with Crippen molar-refractivity contribution in [3.63, 3.8) is 0 Å². The van der Waals surface area contributed by atoms with E-state index in [0.29, 0.717) is 43.2 Å². The van der Waals surface area contributed by atoms with Crippen LogP contribution in [0.5, 0.6) is 5.75 Å². The maximum Gasteiger partial charge on any atom is 0.335 e. The molecule has 0 saturated carbocycles. The van der Waals surface area contributed by atoms with Crippen LogP contribution in [-0.2, 0) is 24.4 Å². The Balaban J connectivity index is 1.18. The molecule has 1 fully saturated rings. The number of hydrogen-bond donors (Lipinski definition) is 1. The molecule has 6 rings (SSSR count). The lowest BCUT2D eigenvalue weighted by Gasteiger charge is -2.29. The number of aromatic carboxylic acids is 1. The Morgan fingerprint density at radius 3 is 2.78 bits per heavy atom. The van der Waals surface area contributed by atoms with Gasteiger partial charge in [0.1, 0.15) is 18.2 Å². The van der Waals surface area contributed by atoms with Gasteiger partial charge in [-0.3, -0.25) is 14.3 Å². The van der Waals surface area contributed by atoms with Gasteiger partial charge in [-0.15, -0.1) is 0 Å². The molecule has 1 N–H and O–H groups in total. The van der Waals surface area contributed by atoms with Gasteiger partial charge in [0.05, 0.1) is 35.8 Å². The van der Waals surface area contributed by atoms with Crippen molar-refractivity contribution >= 4 is 34.3 Å². The molecule has 0 bridgehead atoms. The first-order valence-corrected chi connectivity index (χ1v) is 13.8. The summed E-state index contributed by atoms with van der Waals surface area (Å²) in [4.78, 5) is 31.8. The summed E-state index contributed by atoms with van der Waals surface area (Å²) in [5.74, 6) is -0.480. The maximum absolute atomic E-state index is 14.1. The average Bonchev–Trinajstić information content (AvgIpc) is 3.27. The number of rotatable bonds is 9. The number of aromatic nitrogens is 3. The Morgan fingerprint density at radius 1 is 1.22 bits per heavy atom. The second-order valence-corrected chi connectivity index (χ2v) is 10.6. The molecule has 2 aliphatic heterocycles. The van der Waals surface area contributed by atoms with E-state index < -0.39 is 11.8 Å². The molecule has 1 saturated heterocycles. The third-order valence-corrected chi connectivity index (χ3v) is 7.74. The molecule has 212 valence electrons. The van der Waals surface area contributed by atoms with Crippen molar-refractivity contribution in [2.45, 2.75) is 38.6 Å². The number of fused-ring (bicyclic) bond motifs is 1. The van der Waals surface area contributed by atoms with Crippen molar-refractivity contribution in [1.82, 2.24) is 19.0 Å². The Kier molecular flexibility index (Phi) is 7.61. The molecule has 11 heteroatoms. The normalized spacial score (nSPS) is 17.3. The minimum atomic E-state index is -0.975. The number of imidazole rings is 1. The molecule has 2 aromatic carbocycles. The van der Waals surface area contributed by atoms with Crippen molar-refractivity contribution in [2.75, 3.05) is 19.7 Å². The number of carboxylic acid groups (broad SMARTS) is 1. The van der Waals surface area contributed by atoms with E-state index in [1.165, 1.54) is 12.1 Å². The molecule has 2 aliphatic rings. The van der Waals surface area contributed by atoms with Gasteiger partial charge in [-0.2, -0.15) is 0 Å². The molecule has 4 heterocycles. The largest absolute Gasteiger partial charge is 0.483 e. The molecule has 1 atom stereocenters. The highest BCUT2D eigenvalue weighted by atomic mass is 35.5. The molecule has 0 spiro atoms. The first-order valence-electron chi connectivity index (χ1n) is 13.4. The van der Waals surface area contributed by atoms with E-state index in [0.717, 1.165) is 35.6 Å². The molecular formula is C30H28ClFN4O5. The second kappa shape index (κ2) is 11.5. The molecule has 0 aliphatic carbocycles. The molecule has 9 nitrogen and oxygen atoms in total. The fourth-order valence-electron chi connectivity index (χ4n) is 5.13. The molecule has 2 aromatic heterocycles. The van der Waals surface area contributed by atoms with Gasteiger partial charge in [-0.1, -0.05) is 23.7 Å². The average molecular weight is 579 g/mol. The summed E-state index contributed by atoms with van der Waals surface area (Å²) in [5, 5.41) is 9.77. The van der Waals surface area contributed by atoms with Crippen molar-refractivity contribution in [3.8, 4) is 5.75 Å². The number of ether oxygens (including phenoxy) is 2. The number of hydrogen-bond acceptors (Lipinski definition) is 6. The number of nitrogens with zero attached hydrogens (tertiary/aromatic N) is 4. The highest BCUT2D eigenvalue weighted by molar-refractivity contribution is 6.30. The minimum Gasteiger partial charge on any atom is -0.483 e. The predicted molar refractivity (Wildman–Crippen MR) is 152 cm³/mol. The molecule has 0 radical (unpaired) electrons. The predicted octanol–water partition coefficient (Wildman–Crippen LogP) is 4.80. The van der Waals surface area contributed by atoms with Crippen LogP contribution >= 0.6 is 11.6 Å². The Bertz CT molecular complexity index is 1710. The van der Waals surface area contributed by atoms with E-state index >= 15 is 0 Å². The van der Waals surface area contributed by atoms with Crippen molar-refractivity contribution in [1.29, 1.82) is 0 Å². The van der Waals surface area contributed by atoms with E-state index in [-0.39, 0.29) is 29.6 Å². The first kappa shape index (κ1) is 27.2. The SMILES string of the molecule is O=C(O)c1ccc2nc(CN3CC=C(n4cccc(OCc5ccc(Cl)cc5F)c4=O)CC3)n(C[C@@H]3CCO3)c2c1. The summed E-state index contributed by atoms with van der Waals surface area (Å²) in [7, 11) is 0. The number of benzene rings is 2. The van der Waals surface area contributed by atoms with Gasteiger partial charge in [0.2, 0.25) is 0 Å². The third kappa shape index (κ3) is 5.76. The summed E-state index contributed by atoms with van der Waals surface area (Å²) >= 11 is 5.82. The maximum atomic E-state index is 14.1. The highest BCUT2D eigenvalue weighted by Gasteiger charge is 2.24. The number of pyridine rings is 1. The summed E-state index contributed by atoms with van der Waals surface area (Å²) in [5.41, 5.74) is 2.62. The van der Waals surface area contributed by atoms with E-state index in [4.69, 9.17) is 26.1 Å². The molecular weight excluding hydrogens is 551 g/mol. The van der Waals surface area contributed by atoms with Crippen molar-refractivity contribution in [2.24, 2.45) is 0 Å². The van der Waals surface area contributed by atoms with Crippen LogP contribution in [0.15, 0.2) is 65.6 Å². The number of carboxylic acids is 1.